The Kier molecular flexibility index (Phi) is 10.6. The summed E-state index contributed by atoms with van der Waals surface area (Å²) in [6.45, 7) is 3.28. The van der Waals surface area contributed by atoms with Crippen LogP contribution in [-0.4, -0.2) is 69.0 Å². The van der Waals surface area contributed by atoms with Crippen molar-refractivity contribution in [2.45, 2.75) is 57.3 Å². The number of para-hydroxylation sites is 1. The van der Waals surface area contributed by atoms with Gasteiger partial charge >= 0.3 is 11.9 Å². The Balaban J connectivity index is 1.82. The van der Waals surface area contributed by atoms with Gasteiger partial charge in [-0.25, -0.2) is 4.79 Å². The van der Waals surface area contributed by atoms with Gasteiger partial charge in [0.2, 0.25) is 17.7 Å². The summed E-state index contributed by atoms with van der Waals surface area (Å²) < 4.78 is 0. The maximum atomic E-state index is 13.6. The maximum absolute atomic E-state index is 13.6. The summed E-state index contributed by atoms with van der Waals surface area (Å²) in [5.74, 6) is -5.54. The number of rotatable bonds is 14. The van der Waals surface area contributed by atoms with E-state index in [-0.39, 0.29) is 12.8 Å². The Labute approximate surface area is 236 Å². The summed E-state index contributed by atoms with van der Waals surface area (Å²) in [5.41, 5.74) is 8.60. The molecule has 2 aromatic carbocycles. The van der Waals surface area contributed by atoms with Gasteiger partial charge in [0.15, 0.2) is 0 Å². The van der Waals surface area contributed by atoms with E-state index in [1.807, 2.05) is 54.6 Å². The van der Waals surface area contributed by atoms with E-state index in [2.05, 4.69) is 20.9 Å². The molecule has 0 saturated heterocycles. The number of carboxylic acid groups (broad SMARTS) is 2. The van der Waals surface area contributed by atoms with E-state index in [0.717, 1.165) is 22.0 Å². The van der Waals surface area contributed by atoms with Crippen LogP contribution in [-0.2, 0) is 36.8 Å². The Hall–Kier alpha value is -4.71. The molecule has 12 nitrogen and oxygen atoms in total. The Morgan fingerprint density at radius 2 is 1.44 bits per heavy atom. The molecular formula is C29H35N5O7. The molecule has 0 aliphatic rings. The van der Waals surface area contributed by atoms with Crippen LogP contribution in [0.3, 0.4) is 0 Å². The molecule has 0 unspecified atom stereocenters. The van der Waals surface area contributed by atoms with E-state index in [9.17, 15) is 29.1 Å². The number of benzene rings is 2. The highest BCUT2D eigenvalue weighted by atomic mass is 16.4. The minimum Gasteiger partial charge on any atom is -0.481 e. The summed E-state index contributed by atoms with van der Waals surface area (Å²) in [6.07, 6.45) is 1.21. The number of aliphatic carboxylic acids is 2. The van der Waals surface area contributed by atoms with Gasteiger partial charge in [-0.05, 0) is 29.5 Å². The molecule has 3 rings (SSSR count). The van der Waals surface area contributed by atoms with Crippen molar-refractivity contribution in [2.24, 2.45) is 11.7 Å². The molecule has 0 fully saturated rings. The molecule has 0 spiro atoms. The van der Waals surface area contributed by atoms with Gasteiger partial charge in [-0.2, -0.15) is 0 Å². The molecule has 0 aliphatic heterocycles. The fourth-order valence-electron chi connectivity index (χ4n) is 4.39. The van der Waals surface area contributed by atoms with E-state index >= 15 is 0 Å². The monoisotopic (exact) mass is 565 g/mol. The molecule has 12 heteroatoms. The predicted octanol–water partition coefficient (Wildman–Crippen LogP) is 0.950. The first-order valence-electron chi connectivity index (χ1n) is 13.2. The van der Waals surface area contributed by atoms with Crippen molar-refractivity contribution in [3.8, 4) is 0 Å². The third-order valence-corrected chi connectivity index (χ3v) is 6.61. The second-order valence-electron chi connectivity index (χ2n) is 10.1. The van der Waals surface area contributed by atoms with Crippen molar-refractivity contribution in [3.05, 3.63) is 71.9 Å². The van der Waals surface area contributed by atoms with Crippen LogP contribution < -0.4 is 21.7 Å². The van der Waals surface area contributed by atoms with Crippen molar-refractivity contribution >= 4 is 40.6 Å². The zero-order valence-electron chi connectivity index (χ0n) is 22.8. The molecule has 0 bridgehead atoms. The molecule has 218 valence electrons. The number of aromatic amines is 1. The fourth-order valence-corrected chi connectivity index (χ4v) is 4.39. The van der Waals surface area contributed by atoms with E-state index in [1.54, 1.807) is 20.0 Å². The number of aromatic nitrogens is 1. The molecule has 0 saturated carbocycles. The molecular weight excluding hydrogens is 530 g/mol. The maximum Gasteiger partial charge on any atom is 0.326 e. The number of hydrogen-bond donors (Lipinski definition) is 7. The van der Waals surface area contributed by atoms with E-state index in [4.69, 9.17) is 10.8 Å². The van der Waals surface area contributed by atoms with E-state index in [0.29, 0.717) is 0 Å². The lowest BCUT2D eigenvalue weighted by atomic mass is 9.99. The van der Waals surface area contributed by atoms with Crippen molar-refractivity contribution in [1.82, 2.24) is 20.9 Å². The number of hydrogen-bond acceptors (Lipinski definition) is 6. The lowest BCUT2D eigenvalue weighted by Gasteiger charge is -2.27. The van der Waals surface area contributed by atoms with E-state index in [1.165, 1.54) is 0 Å². The number of nitrogens with one attached hydrogen (secondary N) is 4. The highest BCUT2D eigenvalue weighted by Gasteiger charge is 2.33. The minimum atomic E-state index is -1.68. The Bertz CT molecular complexity index is 1390. The Morgan fingerprint density at radius 3 is 2.07 bits per heavy atom. The highest BCUT2D eigenvalue weighted by molar-refractivity contribution is 5.95. The van der Waals surface area contributed by atoms with Gasteiger partial charge in [-0.3, -0.25) is 19.2 Å². The summed E-state index contributed by atoms with van der Waals surface area (Å²) in [7, 11) is 0. The molecule has 3 aromatic rings. The second kappa shape index (κ2) is 14.1. The number of nitrogens with two attached hydrogens (primary N) is 1. The van der Waals surface area contributed by atoms with Gasteiger partial charge in [-0.15, -0.1) is 0 Å². The van der Waals surface area contributed by atoms with Crippen LogP contribution >= 0.6 is 0 Å². The molecule has 1 aromatic heterocycles. The third-order valence-electron chi connectivity index (χ3n) is 6.61. The SMILES string of the molecule is CC(C)[C@H](NC(=O)[C@H](Cc1c[nH]c2ccccc12)NC(=O)[C@@H](N)Cc1ccccc1)C(=O)N[C@@H](CC(=O)O)C(=O)O. The molecule has 8 N–H and O–H groups in total. The number of carboxylic acids is 2. The first-order chi connectivity index (χ1) is 19.5. The topological polar surface area (TPSA) is 204 Å². The molecule has 0 aliphatic carbocycles. The average molecular weight is 566 g/mol. The summed E-state index contributed by atoms with van der Waals surface area (Å²) in [6, 6.07) is 11.6. The first kappa shape index (κ1) is 30.8. The Morgan fingerprint density at radius 1 is 0.805 bits per heavy atom. The van der Waals surface area contributed by atoms with Gasteiger partial charge < -0.3 is 36.9 Å². The van der Waals surface area contributed by atoms with Crippen LogP contribution in [0, 0.1) is 5.92 Å². The zero-order chi connectivity index (χ0) is 30.1. The smallest absolute Gasteiger partial charge is 0.326 e. The van der Waals surface area contributed by atoms with Crippen molar-refractivity contribution in [1.29, 1.82) is 0 Å². The largest absolute Gasteiger partial charge is 0.481 e. The lowest BCUT2D eigenvalue weighted by Crippen LogP contribution is -2.59. The van der Waals surface area contributed by atoms with Crippen LogP contribution in [0.15, 0.2) is 60.8 Å². The van der Waals surface area contributed by atoms with E-state index < -0.39 is 66.2 Å². The number of carbonyl (C=O) groups excluding carboxylic acids is 3. The van der Waals surface area contributed by atoms with Crippen LogP contribution in [0.2, 0.25) is 0 Å². The third kappa shape index (κ3) is 8.64. The van der Waals surface area contributed by atoms with Gasteiger partial charge in [0, 0.05) is 23.5 Å². The van der Waals surface area contributed by atoms with Crippen LogP contribution in [0.1, 0.15) is 31.4 Å². The summed E-state index contributed by atoms with van der Waals surface area (Å²) in [4.78, 5) is 65.3. The van der Waals surface area contributed by atoms with Crippen LogP contribution in [0.5, 0.6) is 0 Å². The number of amides is 3. The standard InChI is InChI=1S/C29H35N5O7/c1-16(2)25(28(39)33-23(29(40)41)14-24(35)36)34-27(38)22(13-18-15-31-21-11-7-6-10-19(18)21)32-26(37)20(30)12-17-8-4-3-5-9-17/h3-11,15-16,20,22-23,25,31H,12-14,30H2,1-2H3,(H,32,37)(H,33,39)(H,34,38)(H,35,36)(H,40,41)/t20-,22-,23-,25-/m0/s1. The van der Waals surface area contributed by atoms with Crippen LogP contribution in [0.4, 0.5) is 0 Å². The summed E-state index contributed by atoms with van der Waals surface area (Å²) >= 11 is 0. The summed E-state index contributed by atoms with van der Waals surface area (Å²) in [5, 5.41) is 26.7. The van der Waals surface area contributed by atoms with Crippen molar-refractivity contribution < 1.29 is 34.2 Å². The molecule has 41 heavy (non-hydrogen) atoms. The van der Waals surface area contributed by atoms with Gasteiger partial charge in [0.25, 0.3) is 0 Å². The molecule has 0 radical (unpaired) electrons. The lowest BCUT2D eigenvalue weighted by molar-refractivity contribution is -0.147. The number of carbonyl (C=O) groups is 5. The molecule has 3 amide bonds. The average Bonchev–Trinajstić information content (AvgIpc) is 3.33. The zero-order valence-corrected chi connectivity index (χ0v) is 22.8. The predicted molar refractivity (Wildman–Crippen MR) is 151 cm³/mol. The second-order valence-corrected chi connectivity index (χ2v) is 10.1. The highest BCUT2D eigenvalue weighted by Crippen LogP contribution is 2.19. The normalized spacial score (nSPS) is 14.0. The van der Waals surface area contributed by atoms with Crippen molar-refractivity contribution in [2.75, 3.05) is 0 Å². The molecule has 1 heterocycles. The molecule has 4 atom stereocenters. The quantitative estimate of drug-likeness (QED) is 0.150. The van der Waals surface area contributed by atoms with Crippen LogP contribution in [0.25, 0.3) is 10.9 Å². The van der Waals surface area contributed by atoms with Crippen molar-refractivity contribution in [3.63, 3.8) is 0 Å². The van der Waals surface area contributed by atoms with Gasteiger partial charge in [-0.1, -0.05) is 62.4 Å². The first-order valence-corrected chi connectivity index (χ1v) is 13.2. The van der Waals surface area contributed by atoms with Gasteiger partial charge in [0.05, 0.1) is 12.5 Å². The minimum absolute atomic E-state index is 0.0723. The number of fused-ring (bicyclic) bond motifs is 1. The fraction of sp³-hybridized carbons (Fsp3) is 0.345. The van der Waals surface area contributed by atoms with Gasteiger partial charge in [0.1, 0.15) is 18.1 Å². The number of H-pyrrole nitrogens is 1.